The first kappa shape index (κ1) is 11.1. The molecule has 17 heavy (non-hydrogen) atoms. The van der Waals surface area contributed by atoms with Crippen LogP contribution in [0.2, 0.25) is 0 Å². The van der Waals surface area contributed by atoms with E-state index in [9.17, 15) is 4.79 Å². The standard InChI is InChI=1S/C13H11N3O/c1-9-3-4-12(7-13(9)10(2)17)16-6-5-11(8-14)15-16/h3-7H,1-2H3. The lowest BCUT2D eigenvalue weighted by Gasteiger charge is -2.06. The number of hydrogen-bond donors (Lipinski definition) is 0. The highest BCUT2D eigenvalue weighted by molar-refractivity contribution is 5.96. The molecule has 0 N–H and O–H groups in total. The summed E-state index contributed by atoms with van der Waals surface area (Å²) in [7, 11) is 0. The van der Waals surface area contributed by atoms with Crippen molar-refractivity contribution in [1.29, 1.82) is 5.26 Å². The SMILES string of the molecule is CC(=O)c1cc(-n2ccc(C#N)n2)ccc1C. The Labute approximate surface area is 99.1 Å². The minimum atomic E-state index is 0.0250. The van der Waals surface area contributed by atoms with Crippen molar-refractivity contribution in [3.05, 3.63) is 47.3 Å². The smallest absolute Gasteiger partial charge is 0.162 e. The van der Waals surface area contributed by atoms with Crippen LogP contribution in [0.3, 0.4) is 0 Å². The van der Waals surface area contributed by atoms with Gasteiger partial charge in [-0.2, -0.15) is 10.4 Å². The molecule has 1 aromatic carbocycles. The molecule has 1 aromatic heterocycles. The summed E-state index contributed by atoms with van der Waals surface area (Å²) >= 11 is 0. The first-order chi connectivity index (χ1) is 8.11. The summed E-state index contributed by atoms with van der Waals surface area (Å²) in [6, 6.07) is 9.13. The molecule has 4 nitrogen and oxygen atoms in total. The monoisotopic (exact) mass is 225 g/mol. The molecule has 0 unspecified atom stereocenters. The van der Waals surface area contributed by atoms with E-state index in [1.165, 1.54) is 6.92 Å². The summed E-state index contributed by atoms with van der Waals surface area (Å²) in [6.07, 6.45) is 1.70. The van der Waals surface area contributed by atoms with Gasteiger partial charge in [0.15, 0.2) is 11.5 Å². The van der Waals surface area contributed by atoms with Gasteiger partial charge in [0.25, 0.3) is 0 Å². The molecular formula is C13H11N3O. The number of ketones is 1. The maximum absolute atomic E-state index is 11.4. The topological polar surface area (TPSA) is 58.7 Å². The van der Waals surface area contributed by atoms with Crippen molar-refractivity contribution in [1.82, 2.24) is 9.78 Å². The van der Waals surface area contributed by atoms with Gasteiger partial charge in [-0.3, -0.25) is 4.79 Å². The highest BCUT2D eigenvalue weighted by Crippen LogP contribution is 2.15. The second kappa shape index (κ2) is 4.22. The molecule has 0 radical (unpaired) electrons. The van der Waals surface area contributed by atoms with Gasteiger partial charge in [0.1, 0.15) is 6.07 Å². The lowest BCUT2D eigenvalue weighted by molar-refractivity contribution is 0.101. The normalized spacial score (nSPS) is 9.94. The Morgan fingerprint density at radius 2 is 2.18 bits per heavy atom. The number of nitriles is 1. The van der Waals surface area contributed by atoms with Crippen molar-refractivity contribution in [2.45, 2.75) is 13.8 Å². The minimum Gasteiger partial charge on any atom is -0.294 e. The van der Waals surface area contributed by atoms with E-state index in [-0.39, 0.29) is 5.78 Å². The third-order valence-electron chi connectivity index (χ3n) is 2.57. The average molecular weight is 225 g/mol. The Morgan fingerprint density at radius 1 is 1.41 bits per heavy atom. The Kier molecular flexibility index (Phi) is 2.75. The summed E-state index contributed by atoms with van der Waals surface area (Å²) in [5, 5.41) is 12.8. The number of aromatic nitrogens is 2. The van der Waals surface area contributed by atoms with E-state index in [1.807, 2.05) is 25.1 Å². The number of Topliss-reactive ketones (excluding diaryl/α,β-unsaturated/α-hetero) is 1. The van der Waals surface area contributed by atoms with Gasteiger partial charge >= 0.3 is 0 Å². The molecule has 84 valence electrons. The minimum absolute atomic E-state index is 0.0250. The molecule has 0 amide bonds. The third-order valence-corrected chi connectivity index (χ3v) is 2.57. The van der Waals surface area contributed by atoms with Crippen LogP contribution in [0, 0.1) is 18.3 Å². The number of carbonyl (C=O) groups is 1. The first-order valence-corrected chi connectivity index (χ1v) is 5.19. The van der Waals surface area contributed by atoms with Crippen molar-refractivity contribution in [2.24, 2.45) is 0 Å². The van der Waals surface area contributed by atoms with Gasteiger partial charge in [0, 0.05) is 11.8 Å². The maximum Gasteiger partial charge on any atom is 0.162 e. The average Bonchev–Trinajstić information content (AvgIpc) is 2.78. The van der Waals surface area contributed by atoms with Gasteiger partial charge in [0.2, 0.25) is 0 Å². The second-order valence-corrected chi connectivity index (χ2v) is 3.81. The van der Waals surface area contributed by atoms with Crippen LogP contribution >= 0.6 is 0 Å². The summed E-state index contributed by atoms with van der Waals surface area (Å²) < 4.78 is 1.59. The van der Waals surface area contributed by atoms with E-state index in [1.54, 1.807) is 23.0 Å². The first-order valence-electron chi connectivity index (χ1n) is 5.19. The number of nitrogens with zero attached hydrogens (tertiary/aromatic N) is 3. The fourth-order valence-corrected chi connectivity index (χ4v) is 1.66. The molecule has 0 fully saturated rings. The molecule has 0 bridgehead atoms. The third kappa shape index (κ3) is 2.08. The number of benzene rings is 1. The molecule has 2 rings (SSSR count). The second-order valence-electron chi connectivity index (χ2n) is 3.81. The number of aryl methyl sites for hydroxylation is 1. The predicted octanol–water partition coefficient (Wildman–Crippen LogP) is 2.25. The maximum atomic E-state index is 11.4. The molecule has 0 aliphatic carbocycles. The summed E-state index contributed by atoms with van der Waals surface area (Å²) in [4.78, 5) is 11.4. The van der Waals surface area contributed by atoms with Gasteiger partial charge < -0.3 is 0 Å². The molecule has 0 saturated heterocycles. The highest BCUT2D eigenvalue weighted by Gasteiger charge is 2.07. The van der Waals surface area contributed by atoms with Gasteiger partial charge in [-0.1, -0.05) is 6.07 Å². The van der Waals surface area contributed by atoms with Gasteiger partial charge in [-0.05, 0) is 37.6 Å². The van der Waals surface area contributed by atoms with Crippen LogP contribution in [0.1, 0.15) is 28.5 Å². The van der Waals surface area contributed by atoms with E-state index in [2.05, 4.69) is 5.10 Å². The number of rotatable bonds is 2. The zero-order valence-corrected chi connectivity index (χ0v) is 9.64. The molecule has 4 heteroatoms. The Balaban J connectivity index is 2.50. The van der Waals surface area contributed by atoms with Crippen molar-refractivity contribution < 1.29 is 4.79 Å². The summed E-state index contributed by atoms with van der Waals surface area (Å²) in [5.74, 6) is 0.0250. The molecule has 0 aliphatic heterocycles. The van der Waals surface area contributed by atoms with Gasteiger partial charge in [-0.25, -0.2) is 4.68 Å². The van der Waals surface area contributed by atoms with Crippen molar-refractivity contribution in [2.75, 3.05) is 0 Å². The fourth-order valence-electron chi connectivity index (χ4n) is 1.66. The molecular weight excluding hydrogens is 214 g/mol. The Bertz CT molecular complexity index is 620. The van der Waals surface area contributed by atoms with Crippen LogP contribution in [-0.4, -0.2) is 15.6 Å². The van der Waals surface area contributed by atoms with Crippen LogP contribution in [0.25, 0.3) is 5.69 Å². The van der Waals surface area contributed by atoms with E-state index < -0.39 is 0 Å². The van der Waals surface area contributed by atoms with Crippen LogP contribution in [0.4, 0.5) is 0 Å². The fraction of sp³-hybridized carbons (Fsp3) is 0.154. The summed E-state index contributed by atoms with van der Waals surface area (Å²) in [6.45, 7) is 3.43. The lowest BCUT2D eigenvalue weighted by Crippen LogP contribution is -2.01. The largest absolute Gasteiger partial charge is 0.294 e. The molecule has 0 spiro atoms. The van der Waals surface area contributed by atoms with Gasteiger partial charge in [-0.15, -0.1) is 0 Å². The molecule has 0 atom stereocenters. The quantitative estimate of drug-likeness (QED) is 0.736. The Hall–Kier alpha value is -2.41. The lowest BCUT2D eigenvalue weighted by atomic mass is 10.0. The molecule has 0 aliphatic rings. The van der Waals surface area contributed by atoms with E-state index >= 15 is 0 Å². The summed E-state index contributed by atoms with van der Waals surface area (Å²) in [5.41, 5.74) is 2.75. The zero-order valence-electron chi connectivity index (χ0n) is 9.64. The van der Waals surface area contributed by atoms with Crippen molar-refractivity contribution in [3.63, 3.8) is 0 Å². The molecule has 0 saturated carbocycles. The van der Waals surface area contributed by atoms with Crippen LogP contribution < -0.4 is 0 Å². The van der Waals surface area contributed by atoms with Crippen LogP contribution in [0.5, 0.6) is 0 Å². The van der Waals surface area contributed by atoms with Crippen molar-refractivity contribution in [3.8, 4) is 11.8 Å². The zero-order chi connectivity index (χ0) is 12.4. The van der Waals surface area contributed by atoms with E-state index in [0.717, 1.165) is 11.3 Å². The highest BCUT2D eigenvalue weighted by atomic mass is 16.1. The number of carbonyl (C=O) groups excluding carboxylic acids is 1. The van der Waals surface area contributed by atoms with E-state index in [0.29, 0.717) is 11.3 Å². The number of hydrogen-bond acceptors (Lipinski definition) is 3. The molecule has 1 heterocycles. The van der Waals surface area contributed by atoms with Crippen molar-refractivity contribution >= 4 is 5.78 Å². The van der Waals surface area contributed by atoms with Crippen LogP contribution in [0.15, 0.2) is 30.5 Å². The Morgan fingerprint density at radius 3 is 2.76 bits per heavy atom. The predicted molar refractivity (Wildman–Crippen MR) is 63.0 cm³/mol. The molecule has 2 aromatic rings. The van der Waals surface area contributed by atoms with E-state index in [4.69, 9.17) is 5.26 Å². The van der Waals surface area contributed by atoms with Crippen LogP contribution in [-0.2, 0) is 0 Å². The van der Waals surface area contributed by atoms with Gasteiger partial charge in [0.05, 0.1) is 5.69 Å².